The smallest absolute Gasteiger partial charge is 0.144 e. The number of para-hydroxylation sites is 2. The van der Waals surface area contributed by atoms with Gasteiger partial charge in [0.1, 0.15) is 22.7 Å². The van der Waals surface area contributed by atoms with Gasteiger partial charge in [0.05, 0.1) is 22.3 Å². The zero-order valence-corrected chi connectivity index (χ0v) is 26.1. The molecule has 0 bridgehead atoms. The van der Waals surface area contributed by atoms with Gasteiger partial charge in [0.25, 0.3) is 0 Å². The summed E-state index contributed by atoms with van der Waals surface area (Å²) in [6.45, 7) is 11.0. The Labute approximate surface area is 257 Å². The monoisotopic (exact) mass is 579 g/mol. The molecule has 4 aromatic carbocycles. The van der Waals surface area contributed by atoms with E-state index in [-0.39, 0.29) is 11.2 Å². The molecule has 0 radical (unpaired) electrons. The zero-order chi connectivity index (χ0) is 30.7. The number of rotatable bonds is 5. The number of pyridine rings is 1. The lowest BCUT2D eigenvalue weighted by Gasteiger charge is -2.20. The van der Waals surface area contributed by atoms with Gasteiger partial charge in [-0.25, -0.2) is 4.98 Å². The fourth-order valence-electron chi connectivity index (χ4n) is 6.26. The van der Waals surface area contributed by atoms with Gasteiger partial charge in [0.2, 0.25) is 0 Å². The molecule has 7 aromatic rings. The first-order valence-corrected chi connectivity index (χ1v) is 15.3. The van der Waals surface area contributed by atoms with Crippen LogP contribution in [0.25, 0.3) is 66.7 Å². The quantitative estimate of drug-likeness (QED) is 0.220. The van der Waals surface area contributed by atoms with Crippen LogP contribution in [0.15, 0.2) is 95.5 Å². The molecule has 1 N–H and O–H groups in total. The number of aromatic nitrogens is 3. The topological polar surface area (TPSA) is 64.1 Å². The van der Waals surface area contributed by atoms with Crippen molar-refractivity contribution in [1.29, 1.82) is 0 Å². The summed E-state index contributed by atoms with van der Waals surface area (Å²) in [5.74, 6) is 1.49. The van der Waals surface area contributed by atoms with Crippen LogP contribution in [-0.4, -0.2) is 19.6 Å². The van der Waals surface area contributed by atoms with Crippen LogP contribution in [0.4, 0.5) is 0 Å². The molecule has 3 heterocycles. The van der Waals surface area contributed by atoms with Crippen LogP contribution in [0.2, 0.25) is 0 Å². The van der Waals surface area contributed by atoms with Crippen molar-refractivity contribution in [2.24, 2.45) is 13.0 Å². The summed E-state index contributed by atoms with van der Waals surface area (Å²) in [6.07, 6.45) is 2.91. The lowest BCUT2D eigenvalue weighted by molar-refractivity contribution is 0.475. The number of fused-ring (bicyclic) bond motifs is 4. The number of hydrogen-bond acceptors (Lipinski definition) is 4. The first kappa shape index (κ1) is 27.9. The maximum absolute atomic E-state index is 11.0. The highest BCUT2D eigenvalue weighted by Crippen LogP contribution is 2.42. The first-order chi connectivity index (χ1) is 21.1. The Morgan fingerprint density at radius 2 is 1.66 bits per heavy atom. The van der Waals surface area contributed by atoms with Gasteiger partial charge in [0.15, 0.2) is 0 Å². The molecular formula is C39H37N3O2. The van der Waals surface area contributed by atoms with Crippen molar-refractivity contribution in [2.75, 3.05) is 0 Å². The third kappa shape index (κ3) is 4.73. The van der Waals surface area contributed by atoms with Gasteiger partial charge in [-0.2, -0.15) is 0 Å². The predicted molar refractivity (Wildman–Crippen MR) is 181 cm³/mol. The Kier molecular flexibility index (Phi) is 6.58. The molecule has 44 heavy (non-hydrogen) atoms. The van der Waals surface area contributed by atoms with E-state index in [1.54, 1.807) is 6.07 Å². The SMILES string of the molecule is CC(C)Cc1ccnc(-c2cc(-c3cccc4c3nc(-c3cc(C(C)(C)C)ccc3O)n4C)c3oc4ccccc4c3c2)c1. The van der Waals surface area contributed by atoms with E-state index in [1.807, 2.05) is 31.4 Å². The van der Waals surface area contributed by atoms with Crippen molar-refractivity contribution in [2.45, 2.75) is 46.5 Å². The number of nitrogens with zero attached hydrogens (tertiary/aromatic N) is 3. The van der Waals surface area contributed by atoms with Crippen LogP contribution >= 0.6 is 0 Å². The van der Waals surface area contributed by atoms with Gasteiger partial charge < -0.3 is 14.1 Å². The van der Waals surface area contributed by atoms with Crippen LogP contribution in [-0.2, 0) is 18.9 Å². The van der Waals surface area contributed by atoms with E-state index in [0.29, 0.717) is 5.92 Å². The molecule has 220 valence electrons. The largest absolute Gasteiger partial charge is 0.507 e. The lowest BCUT2D eigenvalue weighted by Crippen LogP contribution is -2.11. The summed E-state index contributed by atoms with van der Waals surface area (Å²) >= 11 is 0. The predicted octanol–water partition coefficient (Wildman–Crippen LogP) is 10.1. The second-order valence-electron chi connectivity index (χ2n) is 13.3. The van der Waals surface area contributed by atoms with E-state index < -0.39 is 0 Å². The van der Waals surface area contributed by atoms with Gasteiger partial charge >= 0.3 is 0 Å². The summed E-state index contributed by atoms with van der Waals surface area (Å²) in [6, 6.07) is 29.0. The number of phenols is 1. The number of aromatic hydroxyl groups is 1. The molecule has 0 atom stereocenters. The molecule has 0 amide bonds. The maximum Gasteiger partial charge on any atom is 0.144 e. The maximum atomic E-state index is 11.0. The summed E-state index contributed by atoms with van der Waals surface area (Å²) in [5, 5.41) is 13.1. The number of benzene rings is 4. The normalized spacial score (nSPS) is 12.2. The number of furan rings is 1. The van der Waals surface area contributed by atoms with Crippen LogP contribution < -0.4 is 0 Å². The molecule has 0 saturated carbocycles. The minimum atomic E-state index is -0.0634. The van der Waals surface area contributed by atoms with E-state index >= 15 is 0 Å². The average Bonchev–Trinajstić information content (AvgIpc) is 3.54. The number of aryl methyl sites for hydroxylation is 1. The molecule has 0 aliphatic heterocycles. The van der Waals surface area contributed by atoms with Crippen LogP contribution in [0, 0.1) is 5.92 Å². The van der Waals surface area contributed by atoms with Crippen molar-refractivity contribution < 1.29 is 9.52 Å². The van der Waals surface area contributed by atoms with E-state index in [4.69, 9.17) is 14.4 Å². The lowest BCUT2D eigenvalue weighted by atomic mass is 9.86. The molecule has 0 aliphatic carbocycles. The van der Waals surface area contributed by atoms with Gasteiger partial charge in [-0.05, 0) is 77.4 Å². The number of phenolic OH excluding ortho intramolecular Hbond substituents is 1. The summed E-state index contributed by atoms with van der Waals surface area (Å²) < 4.78 is 8.62. The molecule has 0 aliphatic rings. The standard InChI is InChI=1S/C39H37N3O2/c1-23(2)18-24-16-17-40-32(19-24)25-20-29-27-10-7-8-13-35(27)44-37(29)30(21-25)28-11-9-12-33-36(28)41-38(42(33)6)31-22-26(39(3,4)5)14-15-34(31)43/h7-17,19-23,43H,18H2,1-6H3. The van der Waals surface area contributed by atoms with Crippen molar-refractivity contribution in [3.63, 3.8) is 0 Å². The summed E-state index contributed by atoms with van der Waals surface area (Å²) in [4.78, 5) is 10.0. The Bertz CT molecular complexity index is 2190. The fraction of sp³-hybridized carbons (Fsp3) is 0.231. The molecule has 0 saturated heterocycles. The molecule has 0 unspecified atom stereocenters. The molecule has 7 rings (SSSR count). The van der Waals surface area contributed by atoms with Crippen LogP contribution in [0.5, 0.6) is 5.75 Å². The number of imidazole rings is 1. The Hall–Kier alpha value is -4.90. The van der Waals surface area contributed by atoms with Crippen molar-refractivity contribution in [3.8, 4) is 39.5 Å². The van der Waals surface area contributed by atoms with Crippen LogP contribution in [0.1, 0.15) is 45.7 Å². The molecule has 0 fully saturated rings. The minimum absolute atomic E-state index is 0.0634. The first-order valence-electron chi connectivity index (χ1n) is 15.3. The number of hydrogen-bond donors (Lipinski definition) is 1. The molecule has 5 nitrogen and oxygen atoms in total. The average molecular weight is 580 g/mol. The highest BCUT2D eigenvalue weighted by molar-refractivity contribution is 6.13. The Morgan fingerprint density at radius 1 is 0.841 bits per heavy atom. The zero-order valence-electron chi connectivity index (χ0n) is 26.1. The summed E-state index contributed by atoms with van der Waals surface area (Å²) in [7, 11) is 2.01. The van der Waals surface area contributed by atoms with Crippen molar-refractivity contribution in [3.05, 3.63) is 102 Å². The van der Waals surface area contributed by atoms with E-state index in [9.17, 15) is 5.11 Å². The molecule has 3 aromatic heterocycles. The van der Waals surface area contributed by atoms with Gasteiger partial charge in [-0.15, -0.1) is 0 Å². The highest BCUT2D eigenvalue weighted by Gasteiger charge is 2.22. The fourth-order valence-corrected chi connectivity index (χ4v) is 6.26. The van der Waals surface area contributed by atoms with Gasteiger partial charge in [0, 0.05) is 40.7 Å². The summed E-state index contributed by atoms with van der Waals surface area (Å²) in [5.41, 5.74) is 10.5. The van der Waals surface area contributed by atoms with Crippen molar-refractivity contribution in [1.82, 2.24) is 14.5 Å². The van der Waals surface area contributed by atoms with Crippen LogP contribution in [0.3, 0.4) is 0 Å². The molecular weight excluding hydrogens is 542 g/mol. The van der Waals surface area contributed by atoms with Gasteiger partial charge in [-0.1, -0.05) is 71.0 Å². The second kappa shape index (κ2) is 10.4. The van der Waals surface area contributed by atoms with E-state index in [2.05, 4.69) is 99.8 Å². The Balaban J connectivity index is 1.49. The second-order valence-corrected chi connectivity index (χ2v) is 13.3. The van der Waals surface area contributed by atoms with E-state index in [0.717, 1.165) is 78.7 Å². The molecule has 5 heteroatoms. The van der Waals surface area contributed by atoms with E-state index in [1.165, 1.54) is 5.56 Å². The highest BCUT2D eigenvalue weighted by atomic mass is 16.3. The third-order valence-corrected chi connectivity index (χ3v) is 8.55. The third-order valence-electron chi connectivity index (χ3n) is 8.55. The molecule has 0 spiro atoms. The Morgan fingerprint density at radius 3 is 2.45 bits per heavy atom. The van der Waals surface area contributed by atoms with Gasteiger partial charge in [-0.3, -0.25) is 4.98 Å². The van der Waals surface area contributed by atoms with Crippen molar-refractivity contribution >= 4 is 33.0 Å². The minimum Gasteiger partial charge on any atom is -0.507 e.